The number of rotatable bonds is 4. The van der Waals surface area contributed by atoms with Crippen LogP contribution in [0.25, 0.3) is 0 Å². The fourth-order valence-corrected chi connectivity index (χ4v) is 2.46. The van der Waals surface area contributed by atoms with Crippen molar-refractivity contribution in [3.8, 4) is 0 Å². The van der Waals surface area contributed by atoms with Crippen molar-refractivity contribution in [2.24, 2.45) is 0 Å². The van der Waals surface area contributed by atoms with Crippen LogP contribution in [-0.2, 0) is 11.3 Å². The van der Waals surface area contributed by atoms with Gasteiger partial charge in [0.2, 0.25) is 5.91 Å². The van der Waals surface area contributed by atoms with Gasteiger partial charge in [-0.25, -0.2) is 0 Å². The van der Waals surface area contributed by atoms with Crippen molar-refractivity contribution >= 4 is 11.6 Å². The number of nitrogen functional groups attached to an aromatic ring is 1. The molecule has 0 atom stereocenters. The summed E-state index contributed by atoms with van der Waals surface area (Å²) in [5, 5.41) is 13.2. The molecule has 3 N–H and O–H groups in total. The lowest BCUT2D eigenvalue weighted by Gasteiger charge is -2.34. The highest BCUT2D eigenvalue weighted by atomic mass is 16.3. The highest BCUT2D eigenvalue weighted by molar-refractivity contribution is 5.76. The average molecular weight is 281 g/mol. The highest BCUT2D eigenvalue weighted by Crippen LogP contribution is 2.15. The summed E-state index contributed by atoms with van der Waals surface area (Å²) in [4.78, 5) is 16.3. The molecular formula is C13H23N5O2. The molecule has 0 radical (unpaired) electrons. The second kappa shape index (κ2) is 6.23. The fourth-order valence-electron chi connectivity index (χ4n) is 2.46. The summed E-state index contributed by atoms with van der Waals surface area (Å²) in [6, 6.07) is 0. The van der Waals surface area contributed by atoms with Gasteiger partial charge in [0.1, 0.15) is 6.54 Å². The number of β-amino-alcohol motifs (C(OH)–C–C–N with tert-alkyl or cyclic N) is 1. The maximum absolute atomic E-state index is 12.3. The minimum Gasteiger partial charge on any atom is -0.396 e. The Kier molecular flexibility index (Phi) is 4.61. The molecule has 0 spiro atoms. The number of hydrogen-bond acceptors (Lipinski definition) is 5. The second-order valence-corrected chi connectivity index (χ2v) is 5.19. The van der Waals surface area contributed by atoms with Crippen LogP contribution < -0.4 is 5.73 Å². The van der Waals surface area contributed by atoms with Gasteiger partial charge in [0, 0.05) is 32.7 Å². The van der Waals surface area contributed by atoms with Crippen LogP contribution in [0.2, 0.25) is 0 Å². The average Bonchev–Trinajstić information content (AvgIpc) is 2.67. The quantitative estimate of drug-likeness (QED) is 0.756. The SMILES string of the molecule is Cc1nn(CC(=O)N2CCN(CCO)CC2)c(C)c1N. The molecule has 1 aliphatic heterocycles. The number of aryl methyl sites for hydroxylation is 1. The summed E-state index contributed by atoms with van der Waals surface area (Å²) in [6.07, 6.45) is 0. The molecule has 2 heterocycles. The molecule has 1 aromatic rings. The Labute approximate surface area is 118 Å². The van der Waals surface area contributed by atoms with E-state index < -0.39 is 0 Å². The van der Waals surface area contributed by atoms with E-state index in [1.807, 2.05) is 18.7 Å². The van der Waals surface area contributed by atoms with Crippen LogP contribution in [0.4, 0.5) is 5.69 Å². The van der Waals surface area contributed by atoms with E-state index in [0.29, 0.717) is 25.3 Å². The molecule has 1 amide bonds. The molecular weight excluding hydrogens is 258 g/mol. The predicted molar refractivity (Wildman–Crippen MR) is 76.2 cm³/mol. The second-order valence-electron chi connectivity index (χ2n) is 5.19. The number of aromatic nitrogens is 2. The Hall–Kier alpha value is -1.60. The minimum absolute atomic E-state index is 0.0687. The van der Waals surface area contributed by atoms with Crippen LogP contribution in [-0.4, -0.2) is 69.9 Å². The molecule has 0 bridgehead atoms. The molecule has 2 rings (SSSR count). The number of nitrogens with two attached hydrogens (primary N) is 1. The van der Waals surface area contributed by atoms with Crippen molar-refractivity contribution in [1.82, 2.24) is 19.6 Å². The van der Waals surface area contributed by atoms with Crippen molar-refractivity contribution < 1.29 is 9.90 Å². The van der Waals surface area contributed by atoms with E-state index in [1.165, 1.54) is 0 Å². The van der Waals surface area contributed by atoms with Gasteiger partial charge in [-0.2, -0.15) is 5.10 Å². The molecule has 20 heavy (non-hydrogen) atoms. The van der Waals surface area contributed by atoms with Gasteiger partial charge in [-0.3, -0.25) is 14.4 Å². The van der Waals surface area contributed by atoms with Crippen LogP contribution >= 0.6 is 0 Å². The number of anilines is 1. The Morgan fingerprint density at radius 2 is 1.95 bits per heavy atom. The van der Waals surface area contributed by atoms with Crippen molar-refractivity contribution in [3.63, 3.8) is 0 Å². The van der Waals surface area contributed by atoms with Crippen LogP contribution in [0.5, 0.6) is 0 Å². The fraction of sp³-hybridized carbons (Fsp3) is 0.692. The number of hydrogen-bond donors (Lipinski definition) is 2. The minimum atomic E-state index is 0.0687. The van der Waals surface area contributed by atoms with E-state index >= 15 is 0 Å². The van der Waals surface area contributed by atoms with Gasteiger partial charge in [0.25, 0.3) is 0 Å². The third kappa shape index (κ3) is 3.10. The molecule has 7 nitrogen and oxygen atoms in total. The summed E-state index contributed by atoms with van der Waals surface area (Å²) >= 11 is 0. The molecule has 1 saturated heterocycles. The molecule has 0 aromatic carbocycles. The monoisotopic (exact) mass is 281 g/mol. The van der Waals surface area contributed by atoms with Crippen LogP contribution in [0.3, 0.4) is 0 Å². The van der Waals surface area contributed by atoms with Gasteiger partial charge in [-0.15, -0.1) is 0 Å². The molecule has 112 valence electrons. The normalized spacial score (nSPS) is 16.6. The summed E-state index contributed by atoms with van der Waals surface area (Å²) in [5.41, 5.74) is 8.14. The molecule has 1 aromatic heterocycles. The molecule has 1 fully saturated rings. The third-order valence-electron chi connectivity index (χ3n) is 3.86. The maximum atomic E-state index is 12.3. The third-order valence-corrected chi connectivity index (χ3v) is 3.86. The van der Waals surface area contributed by atoms with Crippen molar-refractivity contribution in [1.29, 1.82) is 0 Å². The zero-order valence-corrected chi connectivity index (χ0v) is 12.2. The number of carbonyl (C=O) groups excluding carboxylic acids is 1. The van der Waals surface area contributed by atoms with Crippen LogP contribution in [0.1, 0.15) is 11.4 Å². The first kappa shape index (κ1) is 14.8. The Morgan fingerprint density at radius 1 is 1.30 bits per heavy atom. The number of nitrogens with zero attached hydrogens (tertiary/aromatic N) is 4. The van der Waals surface area contributed by atoms with E-state index in [9.17, 15) is 4.79 Å². The van der Waals surface area contributed by atoms with Gasteiger partial charge < -0.3 is 15.7 Å². The first-order chi connectivity index (χ1) is 9.52. The molecule has 0 saturated carbocycles. The summed E-state index contributed by atoms with van der Waals surface area (Å²) in [7, 11) is 0. The maximum Gasteiger partial charge on any atom is 0.244 e. The first-order valence-electron chi connectivity index (χ1n) is 6.93. The number of piperazine rings is 1. The lowest BCUT2D eigenvalue weighted by molar-refractivity contribution is -0.133. The molecule has 7 heteroatoms. The standard InChI is InChI=1S/C13H23N5O2/c1-10-13(14)11(2)18(15-10)9-12(20)17-5-3-16(4-6-17)7-8-19/h19H,3-9,14H2,1-2H3. The van der Waals surface area contributed by atoms with E-state index in [-0.39, 0.29) is 19.1 Å². The number of aliphatic hydroxyl groups is 1. The number of aliphatic hydroxyl groups excluding tert-OH is 1. The van der Waals surface area contributed by atoms with Crippen molar-refractivity contribution in [2.45, 2.75) is 20.4 Å². The lowest BCUT2D eigenvalue weighted by Crippen LogP contribution is -2.50. The molecule has 1 aliphatic rings. The molecule has 0 unspecified atom stereocenters. The van der Waals surface area contributed by atoms with Gasteiger partial charge in [0.15, 0.2) is 0 Å². The highest BCUT2D eigenvalue weighted by Gasteiger charge is 2.22. The number of amides is 1. The van der Waals surface area contributed by atoms with E-state index in [2.05, 4.69) is 10.00 Å². The first-order valence-corrected chi connectivity index (χ1v) is 6.93. The van der Waals surface area contributed by atoms with Crippen molar-refractivity contribution in [3.05, 3.63) is 11.4 Å². The van der Waals surface area contributed by atoms with E-state index in [0.717, 1.165) is 24.5 Å². The number of carbonyl (C=O) groups is 1. The smallest absolute Gasteiger partial charge is 0.244 e. The zero-order chi connectivity index (χ0) is 14.7. The summed E-state index contributed by atoms with van der Waals surface area (Å²) in [6.45, 7) is 7.83. The van der Waals surface area contributed by atoms with Gasteiger partial charge in [0.05, 0.1) is 23.7 Å². The summed E-state index contributed by atoms with van der Waals surface area (Å²) in [5.74, 6) is 0.0687. The zero-order valence-electron chi connectivity index (χ0n) is 12.2. The topological polar surface area (TPSA) is 87.6 Å². The van der Waals surface area contributed by atoms with Crippen LogP contribution in [0.15, 0.2) is 0 Å². The van der Waals surface area contributed by atoms with Gasteiger partial charge in [-0.05, 0) is 13.8 Å². The summed E-state index contributed by atoms with van der Waals surface area (Å²) < 4.78 is 1.67. The van der Waals surface area contributed by atoms with Gasteiger partial charge in [-0.1, -0.05) is 0 Å². The van der Waals surface area contributed by atoms with Crippen molar-refractivity contribution in [2.75, 3.05) is 45.1 Å². The van der Waals surface area contributed by atoms with E-state index in [1.54, 1.807) is 4.68 Å². The van der Waals surface area contributed by atoms with Gasteiger partial charge >= 0.3 is 0 Å². The largest absolute Gasteiger partial charge is 0.396 e. The van der Waals surface area contributed by atoms with E-state index in [4.69, 9.17) is 10.8 Å². The lowest BCUT2D eigenvalue weighted by atomic mass is 10.3. The molecule has 0 aliphatic carbocycles. The Bertz CT molecular complexity index is 477. The predicted octanol–water partition coefficient (Wildman–Crippen LogP) is -0.781. The Morgan fingerprint density at radius 3 is 2.45 bits per heavy atom. The Balaban J connectivity index is 1.91. The van der Waals surface area contributed by atoms with Crippen LogP contribution in [0, 0.1) is 13.8 Å².